The van der Waals surface area contributed by atoms with Crippen molar-refractivity contribution in [1.29, 1.82) is 0 Å². The number of aromatic amines is 1. The number of nitrogens with one attached hydrogen (secondary N) is 2. The molecule has 2 rings (SSSR count). The molecule has 0 fully saturated rings. The zero-order valence-corrected chi connectivity index (χ0v) is 14.3. The van der Waals surface area contributed by atoms with Crippen molar-refractivity contribution in [3.8, 4) is 0 Å². The molecule has 118 valence electrons. The second kappa shape index (κ2) is 6.96. The molecule has 0 atom stereocenters. The van der Waals surface area contributed by atoms with Gasteiger partial charge in [0, 0.05) is 12.1 Å². The maximum Gasteiger partial charge on any atom is 0.234 e. The van der Waals surface area contributed by atoms with Crippen molar-refractivity contribution < 1.29 is 4.79 Å². The minimum absolute atomic E-state index is 0.0589. The van der Waals surface area contributed by atoms with Gasteiger partial charge in [0.05, 0.1) is 5.75 Å². The Labute approximate surface area is 135 Å². The van der Waals surface area contributed by atoms with Crippen LogP contribution < -0.4 is 5.32 Å². The van der Waals surface area contributed by atoms with E-state index in [0.29, 0.717) is 10.9 Å². The Kier molecular flexibility index (Phi) is 5.24. The molecular formula is C16H22N4OS. The maximum atomic E-state index is 11.9. The molecule has 1 heterocycles. The van der Waals surface area contributed by atoms with Crippen molar-refractivity contribution in [2.45, 2.75) is 44.7 Å². The van der Waals surface area contributed by atoms with Gasteiger partial charge in [-0.05, 0) is 23.1 Å². The predicted octanol–water partition coefficient (Wildman–Crippen LogP) is 3.40. The Bertz CT molecular complexity index is 628. The molecule has 22 heavy (non-hydrogen) atoms. The van der Waals surface area contributed by atoms with Crippen LogP contribution in [-0.4, -0.2) is 26.8 Å². The van der Waals surface area contributed by atoms with E-state index < -0.39 is 0 Å². The molecule has 6 heteroatoms. The number of aromatic nitrogens is 3. The zero-order chi connectivity index (χ0) is 16.2. The molecule has 0 saturated carbocycles. The van der Waals surface area contributed by atoms with Crippen LogP contribution in [0.25, 0.3) is 0 Å². The van der Waals surface area contributed by atoms with Gasteiger partial charge in [0.15, 0.2) is 0 Å². The van der Waals surface area contributed by atoms with E-state index in [1.807, 2.05) is 31.2 Å². The van der Waals surface area contributed by atoms with Crippen LogP contribution in [0.5, 0.6) is 0 Å². The van der Waals surface area contributed by atoms with E-state index in [-0.39, 0.29) is 11.3 Å². The maximum absolute atomic E-state index is 11.9. The molecule has 0 saturated heterocycles. The van der Waals surface area contributed by atoms with E-state index in [9.17, 15) is 4.79 Å². The lowest BCUT2D eigenvalue weighted by Crippen LogP contribution is -2.15. The molecule has 2 aromatic rings. The van der Waals surface area contributed by atoms with Crippen LogP contribution in [0.15, 0.2) is 29.4 Å². The monoisotopic (exact) mass is 318 g/mol. The highest BCUT2D eigenvalue weighted by Crippen LogP contribution is 2.23. The van der Waals surface area contributed by atoms with Gasteiger partial charge in [-0.1, -0.05) is 51.6 Å². The predicted molar refractivity (Wildman–Crippen MR) is 90.3 cm³/mol. The van der Waals surface area contributed by atoms with E-state index in [0.717, 1.165) is 17.9 Å². The second-order valence-electron chi connectivity index (χ2n) is 6.08. The molecule has 0 aliphatic rings. The van der Waals surface area contributed by atoms with Crippen molar-refractivity contribution in [2.75, 3.05) is 11.1 Å². The summed E-state index contributed by atoms with van der Waals surface area (Å²) in [6.45, 7) is 8.50. The number of anilines is 1. The number of hydrogen-bond acceptors (Lipinski definition) is 4. The molecule has 0 aliphatic carbocycles. The average Bonchev–Trinajstić information content (AvgIpc) is 2.93. The molecular weight excluding hydrogens is 296 g/mol. The molecule has 0 spiro atoms. The van der Waals surface area contributed by atoms with Crippen LogP contribution >= 0.6 is 11.8 Å². The molecule has 5 nitrogen and oxygen atoms in total. The number of carbonyl (C=O) groups excluding carboxylic acids is 1. The number of thioether (sulfide) groups is 1. The SMILES string of the molecule is CCc1nc(SCC(=O)Nc2ccc(C(C)(C)C)cc2)n[nH]1. The van der Waals surface area contributed by atoms with Crippen LogP contribution in [0.2, 0.25) is 0 Å². The van der Waals surface area contributed by atoms with Gasteiger partial charge in [0.2, 0.25) is 11.1 Å². The van der Waals surface area contributed by atoms with E-state index in [4.69, 9.17) is 0 Å². The first-order valence-electron chi connectivity index (χ1n) is 7.33. The lowest BCUT2D eigenvalue weighted by molar-refractivity contribution is -0.113. The first-order chi connectivity index (χ1) is 10.4. The third-order valence-corrected chi connectivity index (χ3v) is 4.06. The molecule has 0 bridgehead atoms. The topological polar surface area (TPSA) is 70.7 Å². The van der Waals surface area contributed by atoms with E-state index >= 15 is 0 Å². The first-order valence-corrected chi connectivity index (χ1v) is 8.31. The Morgan fingerprint density at radius 3 is 2.50 bits per heavy atom. The van der Waals surface area contributed by atoms with Gasteiger partial charge in [-0.25, -0.2) is 4.98 Å². The fraction of sp³-hybridized carbons (Fsp3) is 0.438. The van der Waals surface area contributed by atoms with Crippen LogP contribution in [0, 0.1) is 0 Å². The van der Waals surface area contributed by atoms with Gasteiger partial charge in [-0.3, -0.25) is 9.89 Å². The average molecular weight is 318 g/mol. The molecule has 2 N–H and O–H groups in total. The van der Waals surface area contributed by atoms with Crippen molar-refractivity contribution in [3.63, 3.8) is 0 Å². The lowest BCUT2D eigenvalue weighted by Gasteiger charge is -2.19. The van der Waals surface area contributed by atoms with Crippen molar-refractivity contribution >= 4 is 23.4 Å². The van der Waals surface area contributed by atoms with Crippen LogP contribution in [0.3, 0.4) is 0 Å². The smallest absolute Gasteiger partial charge is 0.234 e. The normalized spacial score (nSPS) is 11.5. The molecule has 1 aromatic carbocycles. The van der Waals surface area contributed by atoms with Crippen LogP contribution in [0.4, 0.5) is 5.69 Å². The number of aryl methyl sites for hydroxylation is 1. The summed E-state index contributed by atoms with van der Waals surface area (Å²) in [5, 5.41) is 10.4. The fourth-order valence-corrected chi connectivity index (χ4v) is 2.50. The Morgan fingerprint density at radius 1 is 1.27 bits per heavy atom. The minimum atomic E-state index is -0.0589. The minimum Gasteiger partial charge on any atom is -0.325 e. The molecule has 1 amide bonds. The second-order valence-corrected chi connectivity index (χ2v) is 7.02. The van der Waals surface area contributed by atoms with E-state index in [2.05, 4.69) is 41.3 Å². The summed E-state index contributed by atoms with van der Waals surface area (Å²) < 4.78 is 0. The molecule has 0 radical (unpaired) electrons. The Hall–Kier alpha value is -1.82. The first kappa shape index (κ1) is 16.5. The third kappa shape index (κ3) is 4.59. The van der Waals surface area contributed by atoms with Gasteiger partial charge in [0.25, 0.3) is 0 Å². The van der Waals surface area contributed by atoms with E-state index in [1.165, 1.54) is 17.3 Å². The van der Waals surface area contributed by atoms with Crippen molar-refractivity contribution in [3.05, 3.63) is 35.7 Å². The fourth-order valence-electron chi connectivity index (χ4n) is 1.88. The molecule has 0 unspecified atom stereocenters. The summed E-state index contributed by atoms with van der Waals surface area (Å²) >= 11 is 1.33. The highest BCUT2D eigenvalue weighted by atomic mass is 32.2. The van der Waals surface area contributed by atoms with Crippen molar-refractivity contribution in [2.24, 2.45) is 0 Å². The number of carbonyl (C=O) groups is 1. The Morgan fingerprint density at radius 2 is 1.95 bits per heavy atom. The summed E-state index contributed by atoms with van der Waals surface area (Å²) in [7, 11) is 0. The zero-order valence-electron chi connectivity index (χ0n) is 13.4. The summed E-state index contributed by atoms with van der Waals surface area (Å²) in [6.07, 6.45) is 0.805. The molecule has 1 aromatic heterocycles. The molecule has 0 aliphatic heterocycles. The number of rotatable bonds is 5. The highest BCUT2D eigenvalue weighted by Gasteiger charge is 2.13. The third-order valence-electron chi connectivity index (χ3n) is 3.21. The lowest BCUT2D eigenvalue weighted by atomic mass is 9.87. The summed E-state index contributed by atoms with van der Waals surface area (Å²) in [6, 6.07) is 7.97. The standard InChI is InChI=1S/C16H22N4OS/c1-5-13-18-15(20-19-13)22-10-14(21)17-12-8-6-11(7-9-12)16(2,3)4/h6-9H,5,10H2,1-4H3,(H,17,21)(H,18,19,20). The number of hydrogen-bond donors (Lipinski definition) is 2. The number of benzene rings is 1. The summed E-state index contributed by atoms with van der Waals surface area (Å²) in [5.74, 6) is 1.07. The van der Waals surface area contributed by atoms with Gasteiger partial charge >= 0.3 is 0 Å². The summed E-state index contributed by atoms with van der Waals surface area (Å²) in [4.78, 5) is 16.2. The summed E-state index contributed by atoms with van der Waals surface area (Å²) in [5.41, 5.74) is 2.16. The quantitative estimate of drug-likeness (QED) is 0.829. The number of amides is 1. The van der Waals surface area contributed by atoms with Crippen molar-refractivity contribution in [1.82, 2.24) is 15.2 Å². The Balaban J connectivity index is 1.86. The van der Waals surface area contributed by atoms with Gasteiger partial charge in [-0.2, -0.15) is 0 Å². The number of nitrogens with zero attached hydrogens (tertiary/aromatic N) is 2. The van der Waals surface area contributed by atoms with Crippen LogP contribution in [0.1, 0.15) is 39.1 Å². The van der Waals surface area contributed by atoms with Gasteiger partial charge in [-0.15, -0.1) is 5.10 Å². The van der Waals surface area contributed by atoms with Crippen LogP contribution in [-0.2, 0) is 16.6 Å². The highest BCUT2D eigenvalue weighted by molar-refractivity contribution is 7.99. The number of H-pyrrole nitrogens is 1. The van der Waals surface area contributed by atoms with Gasteiger partial charge < -0.3 is 5.32 Å². The van der Waals surface area contributed by atoms with Gasteiger partial charge in [0.1, 0.15) is 5.82 Å². The largest absolute Gasteiger partial charge is 0.325 e. The van der Waals surface area contributed by atoms with E-state index in [1.54, 1.807) is 0 Å².